The minimum atomic E-state index is 0.0375. The van der Waals surface area contributed by atoms with E-state index in [1.165, 1.54) is 0 Å². The van der Waals surface area contributed by atoms with Crippen LogP contribution in [0.2, 0.25) is 0 Å². The number of methoxy groups -OCH3 is 1. The molecule has 27 heavy (non-hydrogen) atoms. The maximum Gasteiger partial charge on any atom is 0.254 e. The highest BCUT2D eigenvalue weighted by Crippen LogP contribution is 2.28. The fraction of sp³-hybridized carbons (Fsp3) is 0.318. The average molecular weight is 366 g/mol. The molecule has 1 aliphatic heterocycles. The molecule has 1 heterocycles. The summed E-state index contributed by atoms with van der Waals surface area (Å²) in [6.07, 6.45) is 0. The van der Waals surface area contributed by atoms with E-state index in [0.29, 0.717) is 31.0 Å². The molecule has 0 bridgehead atoms. The molecule has 0 atom stereocenters. The van der Waals surface area contributed by atoms with Gasteiger partial charge < -0.3 is 19.3 Å². The van der Waals surface area contributed by atoms with Crippen LogP contribution in [0.5, 0.6) is 11.5 Å². The Morgan fingerprint density at radius 3 is 2.52 bits per heavy atom. The zero-order chi connectivity index (χ0) is 19.2. The number of amides is 1. The highest BCUT2D eigenvalue weighted by molar-refractivity contribution is 5.94. The van der Waals surface area contributed by atoms with Crippen LogP contribution in [0.3, 0.4) is 0 Å². The number of hydrogen-bond donors (Lipinski definition) is 0. The number of ether oxygens (including phenoxy) is 2. The monoisotopic (exact) mass is 366 g/mol. The van der Waals surface area contributed by atoms with E-state index in [9.17, 15) is 4.79 Å². The predicted octanol–water partition coefficient (Wildman–Crippen LogP) is 3.61. The van der Waals surface area contributed by atoms with E-state index >= 15 is 0 Å². The number of hydrogen-bond acceptors (Lipinski definition) is 4. The van der Waals surface area contributed by atoms with Gasteiger partial charge in [0.2, 0.25) is 0 Å². The van der Waals surface area contributed by atoms with Gasteiger partial charge in [-0.05, 0) is 42.8 Å². The Hall–Kier alpha value is -2.95. The molecule has 0 radical (unpaired) electrons. The van der Waals surface area contributed by atoms with Gasteiger partial charge in [0, 0.05) is 31.7 Å². The topological polar surface area (TPSA) is 42.0 Å². The summed E-state index contributed by atoms with van der Waals surface area (Å²) in [5.74, 6) is 1.59. The highest BCUT2D eigenvalue weighted by atomic mass is 16.5. The van der Waals surface area contributed by atoms with Crippen molar-refractivity contribution >= 4 is 11.6 Å². The summed E-state index contributed by atoms with van der Waals surface area (Å²) in [6, 6.07) is 15.3. The summed E-state index contributed by atoms with van der Waals surface area (Å²) in [5, 5.41) is 0. The maximum absolute atomic E-state index is 12.9. The number of piperazine rings is 1. The smallest absolute Gasteiger partial charge is 0.254 e. The molecule has 0 aromatic heterocycles. The van der Waals surface area contributed by atoms with Gasteiger partial charge in [-0.1, -0.05) is 24.8 Å². The first kappa shape index (κ1) is 18.8. The van der Waals surface area contributed by atoms with Gasteiger partial charge in [0.15, 0.2) is 0 Å². The summed E-state index contributed by atoms with van der Waals surface area (Å²) in [7, 11) is 1.68. The van der Waals surface area contributed by atoms with Crippen LogP contribution in [-0.2, 0) is 0 Å². The number of carbonyl (C=O) groups excluding carboxylic acids is 1. The van der Waals surface area contributed by atoms with E-state index in [2.05, 4.69) is 17.5 Å². The molecule has 5 heteroatoms. The van der Waals surface area contributed by atoms with Gasteiger partial charge in [0.1, 0.15) is 18.1 Å². The number of anilines is 1. The zero-order valence-electron chi connectivity index (χ0n) is 16.0. The quantitative estimate of drug-likeness (QED) is 0.733. The normalized spacial score (nSPS) is 14.0. The van der Waals surface area contributed by atoms with Crippen molar-refractivity contribution < 1.29 is 14.3 Å². The van der Waals surface area contributed by atoms with Crippen LogP contribution in [0, 0.1) is 0 Å². The lowest BCUT2D eigenvalue weighted by atomic mass is 10.1. The van der Waals surface area contributed by atoms with Gasteiger partial charge in [0.25, 0.3) is 5.91 Å². The lowest BCUT2D eigenvalue weighted by Gasteiger charge is -2.36. The molecule has 1 aliphatic rings. The highest BCUT2D eigenvalue weighted by Gasteiger charge is 2.23. The second-order valence-electron chi connectivity index (χ2n) is 6.72. The van der Waals surface area contributed by atoms with Crippen LogP contribution in [-0.4, -0.2) is 50.7 Å². The Morgan fingerprint density at radius 1 is 1.07 bits per heavy atom. The van der Waals surface area contributed by atoms with Crippen LogP contribution in [0.4, 0.5) is 5.69 Å². The summed E-state index contributed by atoms with van der Waals surface area (Å²) < 4.78 is 11.1. The lowest BCUT2D eigenvalue weighted by molar-refractivity contribution is 0.0746. The molecule has 0 saturated carbocycles. The van der Waals surface area contributed by atoms with Crippen molar-refractivity contribution in [1.29, 1.82) is 0 Å². The van der Waals surface area contributed by atoms with Gasteiger partial charge in [-0.3, -0.25) is 4.79 Å². The fourth-order valence-corrected chi connectivity index (χ4v) is 3.15. The van der Waals surface area contributed by atoms with Crippen molar-refractivity contribution in [3.63, 3.8) is 0 Å². The third-order valence-corrected chi connectivity index (χ3v) is 4.56. The molecule has 142 valence electrons. The van der Waals surface area contributed by atoms with E-state index in [1.807, 2.05) is 48.2 Å². The SMILES string of the molecule is C=C(C)COc1cccc(C(=O)N2CCN(c3ccccc3OC)CC2)c1. The molecule has 2 aromatic carbocycles. The van der Waals surface area contributed by atoms with Gasteiger partial charge in [-0.2, -0.15) is 0 Å². The third kappa shape index (κ3) is 4.61. The first-order valence-corrected chi connectivity index (χ1v) is 9.13. The zero-order valence-corrected chi connectivity index (χ0v) is 16.0. The summed E-state index contributed by atoms with van der Waals surface area (Å²) in [4.78, 5) is 17.0. The number of para-hydroxylation sites is 2. The summed E-state index contributed by atoms with van der Waals surface area (Å²) in [6.45, 7) is 9.10. The van der Waals surface area contributed by atoms with Crippen LogP contribution in [0.25, 0.3) is 0 Å². The van der Waals surface area contributed by atoms with E-state index in [4.69, 9.17) is 9.47 Å². The van der Waals surface area contributed by atoms with Crippen molar-refractivity contribution in [2.75, 3.05) is 44.8 Å². The largest absolute Gasteiger partial charge is 0.495 e. The van der Waals surface area contributed by atoms with Crippen LogP contribution in [0.15, 0.2) is 60.7 Å². The van der Waals surface area contributed by atoms with Crippen molar-refractivity contribution in [1.82, 2.24) is 4.90 Å². The Labute approximate surface area is 160 Å². The van der Waals surface area contributed by atoms with Crippen molar-refractivity contribution in [3.8, 4) is 11.5 Å². The number of benzene rings is 2. The van der Waals surface area contributed by atoms with E-state index in [1.54, 1.807) is 13.2 Å². The van der Waals surface area contributed by atoms with Crippen LogP contribution < -0.4 is 14.4 Å². The van der Waals surface area contributed by atoms with Gasteiger partial charge in [-0.25, -0.2) is 0 Å². The lowest BCUT2D eigenvalue weighted by Crippen LogP contribution is -2.48. The third-order valence-electron chi connectivity index (χ3n) is 4.56. The molecule has 0 aliphatic carbocycles. The molecule has 1 amide bonds. The first-order chi connectivity index (χ1) is 13.1. The molecule has 0 spiro atoms. The molecule has 0 N–H and O–H groups in total. The Kier molecular flexibility index (Phi) is 6.01. The van der Waals surface area contributed by atoms with Crippen molar-refractivity contribution in [2.45, 2.75) is 6.92 Å². The summed E-state index contributed by atoms with van der Waals surface area (Å²) >= 11 is 0. The molecule has 2 aromatic rings. The van der Waals surface area contributed by atoms with Crippen molar-refractivity contribution in [2.24, 2.45) is 0 Å². The van der Waals surface area contributed by atoms with Gasteiger partial charge in [0.05, 0.1) is 12.8 Å². The standard InChI is InChI=1S/C22H26N2O3/c1-17(2)16-27-19-8-6-7-18(15-19)22(25)24-13-11-23(12-14-24)20-9-4-5-10-21(20)26-3/h4-10,15H,1,11-14,16H2,2-3H3. The Bertz CT molecular complexity index is 811. The minimum absolute atomic E-state index is 0.0375. The second-order valence-corrected chi connectivity index (χ2v) is 6.72. The molecule has 1 saturated heterocycles. The van der Waals surface area contributed by atoms with E-state index in [-0.39, 0.29) is 5.91 Å². The summed E-state index contributed by atoms with van der Waals surface area (Å²) in [5.41, 5.74) is 2.67. The Balaban J connectivity index is 1.63. The molecule has 0 unspecified atom stereocenters. The molecular weight excluding hydrogens is 340 g/mol. The van der Waals surface area contributed by atoms with Crippen LogP contribution >= 0.6 is 0 Å². The first-order valence-electron chi connectivity index (χ1n) is 9.13. The molecule has 3 rings (SSSR count). The average Bonchev–Trinajstić information content (AvgIpc) is 2.72. The van der Waals surface area contributed by atoms with Gasteiger partial charge in [-0.15, -0.1) is 0 Å². The van der Waals surface area contributed by atoms with Gasteiger partial charge >= 0.3 is 0 Å². The number of carbonyl (C=O) groups is 1. The molecule has 1 fully saturated rings. The predicted molar refractivity (Wildman–Crippen MR) is 108 cm³/mol. The minimum Gasteiger partial charge on any atom is -0.495 e. The second kappa shape index (κ2) is 8.62. The van der Waals surface area contributed by atoms with Crippen LogP contribution in [0.1, 0.15) is 17.3 Å². The van der Waals surface area contributed by atoms with E-state index in [0.717, 1.165) is 30.1 Å². The number of rotatable bonds is 6. The molecule has 5 nitrogen and oxygen atoms in total. The van der Waals surface area contributed by atoms with Crippen molar-refractivity contribution in [3.05, 3.63) is 66.2 Å². The maximum atomic E-state index is 12.9. The number of nitrogens with zero attached hydrogens (tertiary/aromatic N) is 2. The Morgan fingerprint density at radius 2 is 1.81 bits per heavy atom. The molecular formula is C22H26N2O3. The van der Waals surface area contributed by atoms with E-state index < -0.39 is 0 Å². The fourth-order valence-electron chi connectivity index (χ4n) is 3.15.